The third-order valence-corrected chi connectivity index (χ3v) is 2.79. The highest BCUT2D eigenvalue weighted by molar-refractivity contribution is 5.65. The summed E-state index contributed by atoms with van der Waals surface area (Å²) in [5.41, 5.74) is 4.57. The lowest BCUT2D eigenvalue weighted by atomic mass is 10.1. The summed E-state index contributed by atoms with van der Waals surface area (Å²) in [4.78, 5) is 0. The van der Waals surface area contributed by atoms with E-state index in [2.05, 4.69) is 40.5 Å². The molecular formula is C15H13IN2. The smallest absolute Gasteiger partial charge is 0.236 e. The Bertz CT molecular complexity index is 549. The molecule has 0 spiro atoms. The molecule has 3 aromatic rings. The highest BCUT2D eigenvalue weighted by atomic mass is 127. The van der Waals surface area contributed by atoms with Gasteiger partial charge in [0.2, 0.25) is 5.69 Å². The second-order valence-electron chi connectivity index (χ2n) is 3.95. The summed E-state index contributed by atoms with van der Waals surface area (Å²) in [5, 5.41) is 6.39. The Morgan fingerprint density at radius 1 is 0.722 bits per heavy atom. The quantitative estimate of drug-likeness (QED) is 0.640. The van der Waals surface area contributed by atoms with Gasteiger partial charge in [-0.05, 0) is 12.1 Å². The Morgan fingerprint density at radius 3 is 1.89 bits per heavy atom. The van der Waals surface area contributed by atoms with E-state index >= 15 is 0 Å². The molecule has 0 saturated heterocycles. The first-order valence-corrected chi connectivity index (χ1v) is 5.65. The van der Waals surface area contributed by atoms with Gasteiger partial charge in [0.25, 0.3) is 0 Å². The average Bonchev–Trinajstić information content (AvgIpc) is 2.90. The molecule has 0 bridgehead atoms. The van der Waals surface area contributed by atoms with E-state index in [1.54, 1.807) is 0 Å². The molecular weight excluding hydrogens is 335 g/mol. The van der Waals surface area contributed by atoms with Gasteiger partial charge in [-0.25, -0.2) is 0 Å². The van der Waals surface area contributed by atoms with Gasteiger partial charge < -0.3 is 24.0 Å². The molecule has 1 heterocycles. The maximum atomic E-state index is 3.20. The van der Waals surface area contributed by atoms with Crippen LogP contribution in [0, 0.1) is 0 Å². The van der Waals surface area contributed by atoms with Crippen LogP contribution in [0.15, 0.2) is 66.7 Å². The van der Waals surface area contributed by atoms with Crippen LogP contribution in [0.4, 0.5) is 0 Å². The second-order valence-corrected chi connectivity index (χ2v) is 3.95. The molecule has 2 N–H and O–H groups in total. The van der Waals surface area contributed by atoms with E-state index in [0.29, 0.717) is 0 Å². The molecule has 90 valence electrons. The molecule has 2 aromatic carbocycles. The molecule has 0 aliphatic carbocycles. The molecule has 3 rings (SSSR count). The predicted molar refractivity (Wildman–Crippen MR) is 68.2 cm³/mol. The first kappa shape index (κ1) is 12.8. The van der Waals surface area contributed by atoms with Crippen LogP contribution in [-0.4, -0.2) is 5.10 Å². The van der Waals surface area contributed by atoms with Crippen LogP contribution >= 0.6 is 0 Å². The Morgan fingerprint density at radius 2 is 1.28 bits per heavy atom. The summed E-state index contributed by atoms with van der Waals surface area (Å²) in [5.74, 6) is 0. The summed E-state index contributed by atoms with van der Waals surface area (Å²) in [7, 11) is 0. The Hall–Kier alpha value is -1.62. The minimum absolute atomic E-state index is 0. The van der Waals surface area contributed by atoms with E-state index in [0.717, 1.165) is 11.4 Å². The summed E-state index contributed by atoms with van der Waals surface area (Å²) >= 11 is 0. The minimum atomic E-state index is 0. The SMILES string of the molecule is [I-].c1ccc(-c2cc(-c3ccccc3)[nH+][nH]2)cc1. The number of aromatic nitrogens is 2. The van der Waals surface area contributed by atoms with Gasteiger partial charge in [0.05, 0.1) is 0 Å². The molecule has 18 heavy (non-hydrogen) atoms. The van der Waals surface area contributed by atoms with Gasteiger partial charge >= 0.3 is 0 Å². The van der Waals surface area contributed by atoms with Crippen molar-refractivity contribution in [3.05, 3.63) is 66.7 Å². The Labute approximate surface area is 123 Å². The number of benzene rings is 2. The highest BCUT2D eigenvalue weighted by Crippen LogP contribution is 2.20. The average molecular weight is 348 g/mol. The van der Waals surface area contributed by atoms with E-state index in [-0.39, 0.29) is 24.0 Å². The highest BCUT2D eigenvalue weighted by Gasteiger charge is 2.10. The second kappa shape index (κ2) is 5.82. The number of hydrogen-bond acceptors (Lipinski definition) is 0. The summed E-state index contributed by atoms with van der Waals surface area (Å²) in [6.45, 7) is 0. The van der Waals surface area contributed by atoms with E-state index in [4.69, 9.17) is 0 Å². The number of nitrogens with one attached hydrogen (secondary N) is 2. The topological polar surface area (TPSA) is 29.9 Å². The first-order valence-electron chi connectivity index (χ1n) is 5.65. The van der Waals surface area contributed by atoms with Crippen molar-refractivity contribution in [3.63, 3.8) is 0 Å². The van der Waals surface area contributed by atoms with Crippen LogP contribution < -0.4 is 29.1 Å². The number of hydrogen-bond donors (Lipinski definition) is 1. The van der Waals surface area contributed by atoms with Crippen molar-refractivity contribution >= 4 is 0 Å². The fourth-order valence-electron chi connectivity index (χ4n) is 1.90. The maximum Gasteiger partial charge on any atom is 0.236 e. The Balaban J connectivity index is 0.00000120. The molecule has 0 aliphatic rings. The van der Waals surface area contributed by atoms with Crippen molar-refractivity contribution < 1.29 is 29.1 Å². The molecule has 0 amide bonds. The lowest BCUT2D eigenvalue weighted by Crippen LogP contribution is -3.00. The third-order valence-electron chi connectivity index (χ3n) is 2.79. The largest absolute Gasteiger partial charge is 1.00 e. The van der Waals surface area contributed by atoms with E-state index in [9.17, 15) is 0 Å². The molecule has 0 unspecified atom stereocenters. The van der Waals surface area contributed by atoms with E-state index in [1.165, 1.54) is 11.1 Å². The van der Waals surface area contributed by atoms with Crippen LogP contribution in [0.25, 0.3) is 22.5 Å². The number of H-pyrrole nitrogens is 2. The van der Waals surface area contributed by atoms with Gasteiger partial charge in [-0.3, -0.25) is 0 Å². The lowest BCUT2D eigenvalue weighted by Gasteiger charge is -1.91. The minimum Gasteiger partial charge on any atom is -1.00 e. The standard InChI is InChI=1S/C15H12N2.HI/c1-3-7-12(8-4-1)14-11-15(17-16-14)13-9-5-2-6-10-13;/h1-11H,(H,16,17);1H. The van der Waals surface area contributed by atoms with Crippen molar-refractivity contribution in [2.45, 2.75) is 0 Å². The van der Waals surface area contributed by atoms with Crippen LogP contribution in [0.3, 0.4) is 0 Å². The summed E-state index contributed by atoms with van der Waals surface area (Å²) < 4.78 is 0. The Kier molecular flexibility index (Phi) is 4.15. The third kappa shape index (κ3) is 2.61. The summed E-state index contributed by atoms with van der Waals surface area (Å²) in [6, 6.07) is 22.7. The van der Waals surface area contributed by atoms with Crippen LogP contribution in [0.1, 0.15) is 0 Å². The number of aromatic amines is 2. The van der Waals surface area contributed by atoms with Crippen LogP contribution in [-0.2, 0) is 0 Å². The zero-order valence-corrected chi connectivity index (χ0v) is 11.9. The molecule has 1 aromatic heterocycles. The van der Waals surface area contributed by atoms with Gasteiger partial charge in [0, 0.05) is 17.2 Å². The monoisotopic (exact) mass is 348 g/mol. The normalized spacial score (nSPS) is 9.78. The first-order chi connectivity index (χ1) is 8.43. The van der Waals surface area contributed by atoms with Crippen LogP contribution in [0.2, 0.25) is 0 Å². The van der Waals surface area contributed by atoms with Crippen LogP contribution in [0.5, 0.6) is 0 Å². The van der Waals surface area contributed by atoms with Gasteiger partial charge in [-0.2, -0.15) is 5.10 Å². The molecule has 0 radical (unpaired) electrons. The van der Waals surface area contributed by atoms with Gasteiger partial charge in [-0.1, -0.05) is 48.5 Å². The van der Waals surface area contributed by atoms with Gasteiger partial charge in [0.1, 0.15) is 5.69 Å². The van der Waals surface area contributed by atoms with E-state index in [1.807, 2.05) is 36.4 Å². The molecule has 0 saturated carbocycles. The number of halogens is 1. The zero-order chi connectivity index (χ0) is 11.5. The molecule has 2 nitrogen and oxygen atoms in total. The van der Waals surface area contributed by atoms with Crippen molar-refractivity contribution in [2.24, 2.45) is 0 Å². The summed E-state index contributed by atoms with van der Waals surface area (Å²) in [6.07, 6.45) is 0. The molecule has 3 heteroatoms. The lowest BCUT2D eigenvalue weighted by molar-refractivity contribution is -0.436. The number of rotatable bonds is 2. The van der Waals surface area contributed by atoms with Crippen molar-refractivity contribution in [2.75, 3.05) is 0 Å². The maximum absolute atomic E-state index is 3.20. The zero-order valence-electron chi connectivity index (χ0n) is 9.73. The van der Waals surface area contributed by atoms with Gasteiger partial charge in [0.15, 0.2) is 0 Å². The van der Waals surface area contributed by atoms with Crippen molar-refractivity contribution in [1.82, 2.24) is 5.10 Å². The fourth-order valence-corrected chi connectivity index (χ4v) is 1.90. The fraction of sp³-hybridized carbons (Fsp3) is 0. The van der Waals surface area contributed by atoms with Crippen molar-refractivity contribution in [1.29, 1.82) is 0 Å². The van der Waals surface area contributed by atoms with Crippen molar-refractivity contribution in [3.8, 4) is 22.5 Å². The molecule has 0 fully saturated rings. The molecule has 0 aliphatic heterocycles. The molecule has 0 atom stereocenters. The predicted octanol–water partition coefficient (Wildman–Crippen LogP) is 0.167. The van der Waals surface area contributed by atoms with Gasteiger partial charge in [-0.15, -0.1) is 5.10 Å². The van der Waals surface area contributed by atoms with E-state index < -0.39 is 0 Å².